The van der Waals surface area contributed by atoms with E-state index in [2.05, 4.69) is 37.4 Å². The zero-order chi connectivity index (χ0) is 12.3. The van der Waals surface area contributed by atoms with Crippen LogP contribution in [-0.2, 0) is 19.3 Å². The molecule has 2 nitrogen and oxygen atoms in total. The van der Waals surface area contributed by atoms with Crippen molar-refractivity contribution in [2.45, 2.75) is 33.1 Å². The quantitative estimate of drug-likeness (QED) is 0.854. The van der Waals surface area contributed by atoms with E-state index >= 15 is 0 Å². The molecule has 0 aliphatic rings. The molecule has 0 aliphatic carbocycles. The third-order valence-corrected chi connectivity index (χ3v) is 3.30. The molecule has 0 spiro atoms. The second-order valence-corrected chi connectivity index (χ2v) is 4.39. The van der Waals surface area contributed by atoms with E-state index in [4.69, 9.17) is 4.42 Å². The van der Waals surface area contributed by atoms with Gasteiger partial charge in [0.2, 0.25) is 0 Å². The Kier molecular flexibility index (Phi) is 3.85. The Bertz CT molecular complexity index is 499. The van der Waals surface area contributed by atoms with Crippen LogP contribution in [0.1, 0.15) is 30.7 Å². The number of fused-ring (bicyclic) bond motifs is 1. The van der Waals surface area contributed by atoms with Crippen LogP contribution in [0.15, 0.2) is 22.6 Å². The van der Waals surface area contributed by atoms with Crippen LogP contribution in [0.3, 0.4) is 0 Å². The van der Waals surface area contributed by atoms with E-state index in [1.165, 1.54) is 16.5 Å². The van der Waals surface area contributed by atoms with Crippen molar-refractivity contribution < 1.29 is 4.42 Å². The van der Waals surface area contributed by atoms with E-state index in [-0.39, 0.29) is 0 Å². The fraction of sp³-hybridized carbons (Fsp3) is 0.467. The first-order chi connectivity index (χ1) is 8.30. The maximum atomic E-state index is 5.99. The van der Waals surface area contributed by atoms with Gasteiger partial charge in [-0.1, -0.05) is 26.0 Å². The van der Waals surface area contributed by atoms with E-state index in [9.17, 15) is 0 Å². The van der Waals surface area contributed by atoms with Gasteiger partial charge in [-0.3, -0.25) is 0 Å². The van der Waals surface area contributed by atoms with Gasteiger partial charge >= 0.3 is 0 Å². The molecule has 92 valence electrons. The molecule has 1 N–H and O–H groups in total. The highest BCUT2D eigenvalue weighted by Crippen LogP contribution is 2.27. The van der Waals surface area contributed by atoms with Gasteiger partial charge in [-0.2, -0.15) is 0 Å². The summed E-state index contributed by atoms with van der Waals surface area (Å²) in [5, 5.41) is 4.46. The molecule has 0 saturated carbocycles. The first-order valence-corrected chi connectivity index (χ1v) is 6.47. The van der Waals surface area contributed by atoms with Gasteiger partial charge in [0.05, 0.1) is 0 Å². The zero-order valence-corrected chi connectivity index (χ0v) is 11.0. The van der Waals surface area contributed by atoms with Gasteiger partial charge in [0, 0.05) is 23.9 Å². The monoisotopic (exact) mass is 231 g/mol. The van der Waals surface area contributed by atoms with Crippen molar-refractivity contribution in [2.24, 2.45) is 0 Å². The molecule has 0 fully saturated rings. The molecular weight excluding hydrogens is 210 g/mol. The highest BCUT2D eigenvalue weighted by molar-refractivity contribution is 5.83. The van der Waals surface area contributed by atoms with Gasteiger partial charge in [-0.05, 0) is 31.5 Å². The second-order valence-electron chi connectivity index (χ2n) is 4.39. The minimum Gasteiger partial charge on any atom is -0.461 e. The predicted molar refractivity (Wildman–Crippen MR) is 72.6 cm³/mol. The smallest absolute Gasteiger partial charge is 0.134 e. The van der Waals surface area contributed by atoms with E-state index in [0.717, 1.165) is 37.2 Å². The van der Waals surface area contributed by atoms with E-state index in [1.807, 2.05) is 7.05 Å². The van der Waals surface area contributed by atoms with E-state index < -0.39 is 0 Å². The third kappa shape index (κ3) is 2.37. The predicted octanol–water partition coefficient (Wildman–Crippen LogP) is 3.32. The van der Waals surface area contributed by atoms with Crippen LogP contribution in [0.2, 0.25) is 0 Å². The average Bonchev–Trinajstić information content (AvgIpc) is 2.72. The van der Waals surface area contributed by atoms with Crippen molar-refractivity contribution in [3.63, 3.8) is 0 Å². The van der Waals surface area contributed by atoms with Crippen LogP contribution in [-0.4, -0.2) is 13.6 Å². The van der Waals surface area contributed by atoms with E-state index in [1.54, 1.807) is 0 Å². The molecule has 1 heterocycles. The summed E-state index contributed by atoms with van der Waals surface area (Å²) < 4.78 is 5.99. The number of hydrogen-bond donors (Lipinski definition) is 1. The van der Waals surface area contributed by atoms with Gasteiger partial charge < -0.3 is 9.73 Å². The molecule has 0 amide bonds. The van der Waals surface area contributed by atoms with Crippen molar-refractivity contribution in [2.75, 3.05) is 13.6 Å². The minimum absolute atomic E-state index is 0.966. The van der Waals surface area contributed by atoms with Crippen molar-refractivity contribution in [1.82, 2.24) is 5.32 Å². The van der Waals surface area contributed by atoms with Crippen molar-refractivity contribution in [3.8, 4) is 0 Å². The normalized spacial score (nSPS) is 11.2. The number of benzene rings is 1. The number of likely N-dealkylation sites (N-methyl/N-ethyl adjacent to an activating group) is 1. The fourth-order valence-electron chi connectivity index (χ4n) is 2.29. The summed E-state index contributed by atoms with van der Waals surface area (Å²) in [6.45, 7) is 5.33. The van der Waals surface area contributed by atoms with Crippen LogP contribution in [0.5, 0.6) is 0 Å². The average molecular weight is 231 g/mol. The van der Waals surface area contributed by atoms with Crippen LogP contribution < -0.4 is 5.32 Å². The summed E-state index contributed by atoms with van der Waals surface area (Å²) in [6.07, 6.45) is 3.07. The largest absolute Gasteiger partial charge is 0.461 e. The molecule has 1 aromatic carbocycles. The maximum absolute atomic E-state index is 5.99. The van der Waals surface area contributed by atoms with Gasteiger partial charge in [-0.25, -0.2) is 0 Å². The first-order valence-electron chi connectivity index (χ1n) is 6.47. The molecule has 17 heavy (non-hydrogen) atoms. The molecule has 0 radical (unpaired) electrons. The molecule has 2 heteroatoms. The SMILES string of the molecule is CCc1ccc2c(CC)c(CCNC)oc2c1. The summed E-state index contributed by atoms with van der Waals surface area (Å²) in [5.74, 6) is 1.14. The molecule has 0 unspecified atom stereocenters. The third-order valence-electron chi connectivity index (χ3n) is 3.30. The number of hydrogen-bond acceptors (Lipinski definition) is 2. The lowest BCUT2D eigenvalue weighted by atomic mass is 10.0. The van der Waals surface area contributed by atoms with Crippen LogP contribution in [0.25, 0.3) is 11.0 Å². The lowest BCUT2D eigenvalue weighted by Crippen LogP contribution is -2.10. The van der Waals surface area contributed by atoms with Gasteiger partial charge in [0.15, 0.2) is 0 Å². The zero-order valence-electron chi connectivity index (χ0n) is 11.0. The van der Waals surface area contributed by atoms with Crippen LogP contribution >= 0.6 is 0 Å². The summed E-state index contributed by atoms with van der Waals surface area (Å²) >= 11 is 0. The molecule has 1 aromatic heterocycles. The van der Waals surface area contributed by atoms with E-state index in [0.29, 0.717) is 0 Å². The molecular formula is C15H21NO. The lowest BCUT2D eigenvalue weighted by Gasteiger charge is -1.99. The summed E-state index contributed by atoms with van der Waals surface area (Å²) in [7, 11) is 1.98. The van der Waals surface area contributed by atoms with Crippen molar-refractivity contribution in [1.29, 1.82) is 0 Å². The fourth-order valence-corrected chi connectivity index (χ4v) is 2.29. The number of aryl methyl sites for hydroxylation is 2. The Labute approximate surface area is 103 Å². The van der Waals surface area contributed by atoms with Gasteiger partial charge in [-0.15, -0.1) is 0 Å². The molecule has 0 saturated heterocycles. The summed E-state index contributed by atoms with van der Waals surface area (Å²) in [6, 6.07) is 6.59. The first kappa shape index (κ1) is 12.2. The topological polar surface area (TPSA) is 25.2 Å². The van der Waals surface area contributed by atoms with Crippen LogP contribution in [0.4, 0.5) is 0 Å². The Hall–Kier alpha value is -1.28. The van der Waals surface area contributed by atoms with Crippen molar-refractivity contribution >= 4 is 11.0 Å². The number of rotatable bonds is 5. The lowest BCUT2D eigenvalue weighted by molar-refractivity contribution is 0.535. The summed E-state index contributed by atoms with van der Waals surface area (Å²) in [5.41, 5.74) is 3.76. The standard InChI is InChI=1S/C15H21NO/c1-4-11-6-7-13-12(5-2)14(8-9-16-3)17-15(13)10-11/h6-7,10,16H,4-5,8-9H2,1-3H3. The molecule has 0 atom stereocenters. The highest BCUT2D eigenvalue weighted by Gasteiger charge is 2.12. The van der Waals surface area contributed by atoms with Crippen LogP contribution in [0, 0.1) is 0 Å². The Morgan fingerprint density at radius 1 is 1.18 bits per heavy atom. The molecule has 0 bridgehead atoms. The second kappa shape index (κ2) is 5.37. The molecule has 0 aliphatic heterocycles. The number of nitrogens with one attached hydrogen (secondary N) is 1. The Morgan fingerprint density at radius 2 is 2.00 bits per heavy atom. The van der Waals surface area contributed by atoms with Gasteiger partial charge in [0.25, 0.3) is 0 Å². The Morgan fingerprint density at radius 3 is 2.65 bits per heavy atom. The van der Waals surface area contributed by atoms with Crippen molar-refractivity contribution in [3.05, 3.63) is 35.1 Å². The summed E-state index contributed by atoms with van der Waals surface area (Å²) in [4.78, 5) is 0. The highest BCUT2D eigenvalue weighted by atomic mass is 16.3. The van der Waals surface area contributed by atoms with Gasteiger partial charge in [0.1, 0.15) is 11.3 Å². The molecule has 2 aromatic rings. The maximum Gasteiger partial charge on any atom is 0.134 e. The minimum atomic E-state index is 0.966. The number of furan rings is 1. The Balaban J connectivity index is 2.46. The molecule has 2 rings (SSSR count).